The van der Waals surface area contributed by atoms with Crippen LogP contribution in [0.2, 0.25) is 5.15 Å². The topological polar surface area (TPSA) is 54.5 Å². The fraction of sp³-hybridized carbons (Fsp3) is 0.400. The van der Waals surface area contributed by atoms with Gasteiger partial charge in [-0.15, -0.1) is 0 Å². The van der Waals surface area contributed by atoms with E-state index >= 15 is 0 Å². The molecule has 0 radical (unpaired) electrons. The van der Waals surface area contributed by atoms with E-state index in [0.717, 1.165) is 42.1 Å². The molecular formula is C20H24ClN3O2. The number of carbonyl (C=O) groups excluding carboxylic acids is 1. The van der Waals surface area contributed by atoms with Gasteiger partial charge in [-0.25, -0.2) is 4.98 Å². The Labute approximate surface area is 159 Å². The van der Waals surface area contributed by atoms with E-state index in [1.807, 2.05) is 44.2 Å². The molecule has 2 heterocycles. The van der Waals surface area contributed by atoms with E-state index in [2.05, 4.69) is 15.2 Å². The fourth-order valence-corrected chi connectivity index (χ4v) is 3.46. The van der Waals surface area contributed by atoms with Gasteiger partial charge in [-0.2, -0.15) is 0 Å². The molecule has 0 aliphatic carbocycles. The number of amides is 1. The highest BCUT2D eigenvalue weighted by molar-refractivity contribution is 6.30. The van der Waals surface area contributed by atoms with Crippen LogP contribution in [-0.2, 0) is 4.79 Å². The molecule has 1 fully saturated rings. The zero-order chi connectivity index (χ0) is 18.7. The van der Waals surface area contributed by atoms with Crippen molar-refractivity contribution in [1.82, 2.24) is 10.3 Å². The monoisotopic (exact) mass is 373 g/mol. The lowest BCUT2D eigenvalue weighted by Crippen LogP contribution is -2.25. The van der Waals surface area contributed by atoms with Gasteiger partial charge in [0, 0.05) is 37.3 Å². The lowest BCUT2D eigenvalue weighted by molar-refractivity contribution is -0.119. The van der Waals surface area contributed by atoms with E-state index in [0.29, 0.717) is 5.15 Å². The number of hydrogen-bond donors (Lipinski definition) is 1. The second kappa shape index (κ2) is 7.96. The van der Waals surface area contributed by atoms with E-state index in [-0.39, 0.29) is 18.1 Å². The SMILES string of the molecule is CC(=O)N[C@@H](C)c1ccc(O[C@@H]2CCN(c3ccnc(Cl)c3C)C2)cc1. The Morgan fingerprint density at radius 2 is 2.08 bits per heavy atom. The Morgan fingerprint density at radius 1 is 1.35 bits per heavy atom. The number of halogens is 1. The summed E-state index contributed by atoms with van der Waals surface area (Å²) in [6, 6.07) is 9.91. The molecular weight excluding hydrogens is 350 g/mol. The van der Waals surface area contributed by atoms with E-state index in [4.69, 9.17) is 16.3 Å². The van der Waals surface area contributed by atoms with Crippen LogP contribution in [0, 0.1) is 6.92 Å². The van der Waals surface area contributed by atoms with Gasteiger partial charge in [0.25, 0.3) is 0 Å². The first-order valence-electron chi connectivity index (χ1n) is 8.84. The molecule has 1 saturated heterocycles. The number of anilines is 1. The minimum absolute atomic E-state index is 0.0112. The molecule has 0 bridgehead atoms. The maximum absolute atomic E-state index is 11.2. The largest absolute Gasteiger partial charge is 0.489 e. The van der Waals surface area contributed by atoms with Crippen LogP contribution in [-0.4, -0.2) is 30.1 Å². The number of pyridine rings is 1. The van der Waals surface area contributed by atoms with Crippen LogP contribution < -0.4 is 15.0 Å². The lowest BCUT2D eigenvalue weighted by Gasteiger charge is -2.21. The van der Waals surface area contributed by atoms with Crippen molar-refractivity contribution in [2.75, 3.05) is 18.0 Å². The zero-order valence-corrected chi connectivity index (χ0v) is 16.1. The van der Waals surface area contributed by atoms with Crippen molar-refractivity contribution < 1.29 is 9.53 Å². The van der Waals surface area contributed by atoms with E-state index < -0.39 is 0 Å². The average molecular weight is 374 g/mol. The molecule has 6 heteroatoms. The standard InChI is InChI=1S/C20H24ClN3O2/c1-13-19(8-10-22-20(13)21)24-11-9-18(12-24)26-17-6-4-16(5-7-17)14(2)23-15(3)25/h4-8,10,14,18H,9,11-12H2,1-3H3,(H,23,25)/t14-,18+/m0/s1. The molecule has 1 N–H and O–H groups in total. The molecule has 2 aromatic rings. The van der Waals surface area contributed by atoms with Crippen molar-refractivity contribution in [3.05, 3.63) is 52.8 Å². The molecule has 1 aliphatic heterocycles. The van der Waals surface area contributed by atoms with Crippen molar-refractivity contribution in [3.8, 4) is 5.75 Å². The third-order valence-corrected chi connectivity index (χ3v) is 5.08. The van der Waals surface area contributed by atoms with Gasteiger partial charge >= 0.3 is 0 Å². The summed E-state index contributed by atoms with van der Waals surface area (Å²) < 4.78 is 6.14. The smallest absolute Gasteiger partial charge is 0.217 e. The molecule has 1 aliphatic rings. The average Bonchev–Trinajstić information content (AvgIpc) is 3.05. The lowest BCUT2D eigenvalue weighted by atomic mass is 10.1. The van der Waals surface area contributed by atoms with Gasteiger partial charge < -0.3 is 15.0 Å². The number of nitrogens with one attached hydrogen (secondary N) is 1. The van der Waals surface area contributed by atoms with Crippen LogP contribution in [0.3, 0.4) is 0 Å². The second-order valence-corrected chi connectivity index (χ2v) is 7.07. The molecule has 0 unspecified atom stereocenters. The number of hydrogen-bond acceptors (Lipinski definition) is 4. The van der Waals surface area contributed by atoms with Crippen LogP contribution >= 0.6 is 11.6 Å². The van der Waals surface area contributed by atoms with Crippen LogP contribution in [0.25, 0.3) is 0 Å². The maximum Gasteiger partial charge on any atom is 0.217 e. The van der Waals surface area contributed by atoms with E-state index in [9.17, 15) is 4.79 Å². The predicted molar refractivity (Wildman–Crippen MR) is 104 cm³/mol. The third-order valence-electron chi connectivity index (χ3n) is 4.70. The molecule has 1 aromatic carbocycles. The second-order valence-electron chi connectivity index (χ2n) is 6.71. The summed E-state index contributed by atoms with van der Waals surface area (Å²) in [6.45, 7) is 7.24. The first-order valence-corrected chi connectivity index (χ1v) is 9.21. The minimum atomic E-state index is -0.0321. The van der Waals surface area contributed by atoms with Gasteiger partial charge in [0.15, 0.2) is 0 Å². The van der Waals surface area contributed by atoms with Crippen LogP contribution in [0.5, 0.6) is 5.75 Å². The van der Waals surface area contributed by atoms with Gasteiger partial charge in [0.05, 0.1) is 12.6 Å². The summed E-state index contributed by atoms with van der Waals surface area (Å²) >= 11 is 6.13. The molecule has 2 atom stereocenters. The van der Waals surface area contributed by atoms with Gasteiger partial charge in [-0.3, -0.25) is 4.79 Å². The molecule has 0 spiro atoms. The highest BCUT2D eigenvalue weighted by Gasteiger charge is 2.25. The van der Waals surface area contributed by atoms with Crippen LogP contribution in [0.4, 0.5) is 5.69 Å². The summed E-state index contributed by atoms with van der Waals surface area (Å²) in [5.74, 6) is 0.815. The Hall–Kier alpha value is -2.27. The first-order chi connectivity index (χ1) is 12.4. The molecule has 26 heavy (non-hydrogen) atoms. The number of carbonyl (C=O) groups is 1. The quantitative estimate of drug-likeness (QED) is 0.807. The van der Waals surface area contributed by atoms with Gasteiger partial charge in [-0.1, -0.05) is 23.7 Å². The molecule has 5 nitrogen and oxygen atoms in total. The first kappa shape index (κ1) is 18.5. The number of nitrogens with zero attached hydrogens (tertiary/aromatic N) is 2. The fourth-order valence-electron chi connectivity index (χ4n) is 3.30. The molecule has 1 amide bonds. The van der Waals surface area contributed by atoms with Crippen molar-refractivity contribution in [2.24, 2.45) is 0 Å². The number of rotatable bonds is 5. The van der Waals surface area contributed by atoms with Gasteiger partial charge in [0.1, 0.15) is 17.0 Å². The van der Waals surface area contributed by atoms with Crippen molar-refractivity contribution >= 4 is 23.2 Å². The van der Waals surface area contributed by atoms with E-state index in [1.54, 1.807) is 6.20 Å². The van der Waals surface area contributed by atoms with Crippen LogP contribution in [0.1, 0.15) is 37.4 Å². The Balaban J connectivity index is 1.60. The van der Waals surface area contributed by atoms with E-state index in [1.165, 1.54) is 6.92 Å². The Bertz CT molecular complexity index is 779. The highest BCUT2D eigenvalue weighted by Crippen LogP contribution is 2.29. The molecule has 138 valence electrons. The number of benzene rings is 1. The summed E-state index contributed by atoms with van der Waals surface area (Å²) in [7, 11) is 0. The number of ether oxygens (including phenoxy) is 1. The summed E-state index contributed by atoms with van der Waals surface area (Å²) in [6.07, 6.45) is 2.84. The van der Waals surface area contributed by atoms with Crippen molar-refractivity contribution in [1.29, 1.82) is 0 Å². The maximum atomic E-state index is 11.2. The highest BCUT2D eigenvalue weighted by atomic mass is 35.5. The van der Waals surface area contributed by atoms with Gasteiger partial charge in [-0.05, 0) is 37.6 Å². The summed E-state index contributed by atoms with van der Waals surface area (Å²) in [4.78, 5) is 17.6. The normalized spacial score (nSPS) is 17.8. The van der Waals surface area contributed by atoms with Gasteiger partial charge in [0.2, 0.25) is 5.91 Å². The third kappa shape index (κ3) is 4.28. The predicted octanol–water partition coefficient (Wildman–Crippen LogP) is 3.90. The molecule has 3 rings (SSSR count). The zero-order valence-electron chi connectivity index (χ0n) is 15.3. The van der Waals surface area contributed by atoms with Crippen molar-refractivity contribution in [2.45, 2.75) is 39.3 Å². The van der Waals surface area contributed by atoms with Crippen LogP contribution in [0.15, 0.2) is 36.5 Å². The number of aromatic nitrogens is 1. The molecule has 0 saturated carbocycles. The minimum Gasteiger partial charge on any atom is -0.489 e. The molecule has 1 aromatic heterocycles. The Kier molecular flexibility index (Phi) is 5.67. The summed E-state index contributed by atoms with van der Waals surface area (Å²) in [5.41, 5.74) is 3.18. The Morgan fingerprint density at radius 3 is 2.77 bits per heavy atom. The summed E-state index contributed by atoms with van der Waals surface area (Å²) in [5, 5.41) is 3.43. The van der Waals surface area contributed by atoms with Crippen molar-refractivity contribution in [3.63, 3.8) is 0 Å².